The third kappa shape index (κ3) is 2.91. The van der Waals surface area contributed by atoms with E-state index >= 15 is 0 Å². The van der Waals surface area contributed by atoms with Gasteiger partial charge in [-0.2, -0.15) is 18.4 Å². The molecule has 0 radical (unpaired) electrons. The number of rotatable bonds is 2. The summed E-state index contributed by atoms with van der Waals surface area (Å²) in [5, 5.41) is 8.81. The molecule has 0 atom stereocenters. The molecule has 102 valence electrons. The van der Waals surface area contributed by atoms with E-state index in [4.69, 9.17) is 10.00 Å². The number of benzene rings is 2. The molecule has 0 aliphatic carbocycles. The van der Waals surface area contributed by atoms with E-state index in [2.05, 4.69) is 0 Å². The van der Waals surface area contributed by atoms with E-state index < -0.39 is 11.7 Å². The van der Waals surface area contributed by atoms with Crippen LogP contribution in [0, 0.1) is 18.3 Å². The van der Waals surface area contributed by atoms with Crippen molar-refractivity contribution in [2.24, 2.45) is 0 Å². The summed E-state index contributed by atoms with van der Waals surface area (Å²) < 4.78 is 43.8. The number of ether oxygens (including phenoxy) is 1. The highest BCUT2D eigenvalue weighted by atomic mass is 19.4. The Hall–Kier alpha value is -2.48. The van der Waals surface area contributed by atoms with Crippen molar-refractivity contribution in [2.45, 2.75) is 13.1 Å². The Balaban J connectivity index is 2.36. The van der Waals surface area contributed by atoms with Crippen LogP contribution in [0.1, 0.15) is 16.7 Å². The molecule has 0 spiro atoms. The molecule has 20 heavy (non-hydrogen) atoms. The molecule has 0 aliphatic rings. The van der Waals surface area contributed by atoms with Gasteiger partial charge in [-0.15, -0.1) is 0 Å². The van der Waals surface area contributed by atoms with Gasteiger partial charge in [-0.3, -0.25) is 0 Å². The van der Waals surface area contributed by atoms with Crippen LogP contribution in [0.4, 0.5) is 13.2 Å². The minimum Gasteiger partial charge on any atom is -0.457 e. The molecule has 0 amide bonds. The van der Waals surface area contributed by atoms with Crippen LogP contribution in [0.3, 0.4) is 0 Å². The number of halogens is 3. The van der Waals surface area contributed by atoms with Crippen molar-refractivity contribution in [1.82, 2.24) is 0 Å². The highest BCUT2D eigenvalue weighted by Gasteiger charge is 2.34. The Bertz CT molecular complexity index is 672. The van der Waals surface area contributed by atoms with Crippen LogP contribution in [0.2, 0.25) is 0 Å². The first-order chi connectivity index (χ1) is 9.41. The van der Waals surface area contributed by atoms with Gasteiger partial charge >= 0.3 is 6.18 Å². The Kier molecular flexibility index (Phi) is 3.66. The van der Waals surface area contributed by atoms with Gasteiger partial charge in [-0.1, -0.05) is 12.1 Å². The summed E-state index contributed by atoms with van der Waals surface area (Å²) in [5.41, 5.74) is 0.276. The highest BCUT2D eigenvalue weighted by Crippen LogP contribution is 2.38. The molecule has 0 N–H and O–H groups in total. The second-order valence-electron chi connectivity index (χ2n) is 4.18. The van der Waals surface area contributed by atoms with E-state index in [1.807, 2.05) is 6.07 Å². The maximum Gasteiger partial charge on any atom is 0.419 e. The van der Waals surface area contributed by atoms with Gasteiger partial charge in [-0.25, -0.2) is 0 Å². The van der Waals surface area contributed by atoms with Crippen molar-refractivity contribution < 1.29 is 17.9 Å². The molecule has 0 bridgehead atoms. The van der Waals surface area contributed by atoms with Crippen LogP contribution in [-0.4, -0.2) is 0 Å². The second kappa shape index (κ2) is 5.25. The maximum absolute atomic E-state index is 12.8. The Morgan fingerprint density at radius 3 is 2.40 bits per heavy atom. The van der Waals surface area contributed by atoms with E-state index in [0.717, 1.165) is 6.07 Å². The molecule has 0 aromatic heterocycles. The second-order valence-corrected chi connectivity index (χ2v) is 4.18. The molecule has 0 unspecified atom stereocenters. The zero-order valence-electron chi connectivity index (χ0n) is 10.5. The predicted octanol–water partition coefficient (Wildman–Crippen LogP) is 4.68. The Labute approximate surface area is 114 Å². The van der Waals surface area contributed by atoms with Gasteiger partial charge < -0.3 is 4.74 Å². The van der Waals surface area contributed by atoms with Gasteiger partial charge in [0.05, 0.1) is 17.2 Å². The van der Waals surface area contributed by atoms with Gasteiger partial charge in [-0.05, 0) is 42.8 Å². The first-order valence-corrected chi connectivity index (χ1v) is 5.76. The normalized spacial score (nSPS) is 10.9. The topological polar surface area (TPSA) is 33.0 Å². The van der Waals surface area contributed by atoms with E-state index in [-0.39, 0.29) is 11.5 Å². The summed E-state index contributed by atoms with van der Waals surface area (Å²) in [4.78, 5) is 0. The molecular formula is C15H10F3NO. The molecule has 2 aromatic carbocycles. The molecular weight excluding hydrogens is 267 g/mol. The standard InChI is InChI=1S/C15H10F3NO/c1-10-8-12(7-6-11(10)9-19)20-14-5-3-2-4-13(14)15(16,17)18/h2-8H,1H3. The quantitative estimate of drug-likeness (QED) is 0.798. The summed E-state index contributed by atoms with van der Waals surface area (Å²) in [6.07, 6.45) is -4.47. The third-order valence-electron chi connectivity index (χ3n) is 2.74. The van der Waals surface area contributed by atoms with Crippen LogP contribution in [0.15, 0.2) is 42.5 Å². The van der Waals surface area contributed by atoms with Crippen LogP contribution >= 0.6 is 0 Å². The zero-order valence-corrected chi connectivity index (χ0v) is 10.5. The van der Waals surface area contributed by atoms with E-state index in [1.54, 1.807) is 6.92 Å². The van der Waals surface area contributed by atoms with E-state index in [1.165, 1.54) is 36.4 Å². The zero-order chi connectivity index (χ0) is 14.8. The lowest BCUT2D eigenvalue weighted by Gasteiger charge is -2.13. The minimum atomic E-state index is -4.47. The SMILES string of the molecule is Cc1cc(Oc2ccccc2C(F)(F)F)ccc1C#N. The highest BCUT2D eigenvalue weighted by molar-refractivity contribution is 5.45. The molecule has 2 rings (SSSR count). The van der Waals surface area contributed by atoms with Crippen molar-refractivity contribution in [2.75, 3.05) is 0 Å². The third-order valence-corrected chi connectivity index (χ3v) is 2.74. The fourth-order valence-electron chi connectivity index (χ4n) is 1.74. The van der Waals surface area contributed by atoms with Crippen molar-refractivity contribution in [3.05, 3.63) is 59.2 Å². The average Bonchev–Trinajstić information content (AvgIpc) is 2.38. The molecule has 2 aromatic rings. The number of para-hydroxylation sites is 1. The fraction of sp³-hybridized carbons (Fsp3) is 0.133. The lowest BCUT2D eigenvalue weighted by molar-refractivity contribution is -0.138. The Morgan fingerprint density at radius 2 is 1.80 bits per heavy atom. The molecule has 5 heteroatoms. The van der Waals surface area contributed by atoms with E-state index in [9.17, 15) is 13.2 Å². The summed E-state index contributed by atoms with van der Waals surface area (Å²) >= 11 is 0. The van der Waals surface area contributed by atoms with Gasteiger partial charge in [0, 0.05) is 0 Å². The van der Waals surface area contributed by atoms with Crippen molar-refractivity contribution in [3.63, 3.8) is 0 Å². The number of hydrogen-bond donors (Lipinski definition) is 0. The smallest absolute Gasteiger partial charge is 0.419 e. The lowest BCUT2D eigenvalue weighted by atomic mass is 10.1. The van der Waals surface area contributed by atoms with E-state index in [0.29, 0.717) is 11.1 Å². The van der Waals surface area contributed by atoms with Crippen molar-refractivity contribution in [3.8, 4) is 17.6 Å². The van der Waals surface area contributed by atoms with Gasteiger partial charge in [0.1, 0.15) is 11.5 Å². The molecule has 2 nitrogen and oxygen atoms in total. The van der Waals surface area contributed by atoms with Crippen LogP contribution in [0.25, 0.3) is 0 Å². The lowest BCUT2D eigenvalue weighted by Crippen LogP contribution is -2.06. The molecule has 0 aliphatic heterocycles. The number of nitriles is 1. The molecule has 0 saturated carbocycles. The number of aryl methyl sites for hydroxylation is 1. The average molecular weight is 277 g/mol. The predicted molar refractivity (Wildman–Crippen MR) is 67.4 cm³/mol. The summed E-state index contributed by atoms with van der Waals surface area (Å²) in [7, 11) is 0. The van der Waals surface area contributed by atoms with Crippen LogP contribution in [0.5, 0.6) is 11.5 Å². The maximum atomic E-state index is 12.8. The number of alkyl halides is 3. The molecule has 0 heterocycles. The van der Waals surface area contributed by atoms with Crippen molar-refractivity contribution >= 4 is 0 Å². The summed E-state index contributed by atoms with van der Waals surface area (Å²) in [6.45, 7) is 1.70. The van der Waals surface area contributed by atoms with Crippen molar-refractivity contribution in [1.29, 1.82) is 5.26 Å². The fourth-order valence-corrected chi connectivity index (χ4v) is 1.74. The monoisotopic (exact) mass is 277 g/mol. The van der Waals surface area contributed by atoms with Crippen LogP contribution in [-0.2, 0) is 6.18 Å². The Morgan fingerprint density at radius 1 is 1.10 bits per heavy atom. The summed E-state index contributed by atoms with van der Waals surface area (Å²) in [6, 6.07) is 11.5. The van der Waals surface area contributed by atoms with Gasteiger partial charge in [0.2, 0.25) is 0 Å². The number of nitrogens with zero attached hydrogens (tertiary/aromatic N) is 1. The largest absolute Gasteiger partial charge is 0.457 e. The first kappa shape index (κ1) is 13.9. The minimum absolute atomic E-state index is 0.260. The van der Waals surface area contributed by atoms with Crippen LogP contribution < -0.4 is 4.74 Å². The first-order valence-electron chi connectivity index (χ1n) is 5.76. The van der Waals surface area contributed by atoms with Gasteiger partial charge in [0.25, 0.3) is 0 Å². The molecule has 0 fully saturated rings. The number of hydrogen-bond acceptors (Lipinski definition) is 2. The molecule has 0 saturated heterocycles. The van der Waals surface area contributed by atoms with Gasteiger partial charge in [0.15, 0.2) is 0 Å². The summed E-state index contributed by atoms with van der Waals surface area (Å²) in [5.74, 6) is 0.00214.